The summed E-state index contributed by atoms with van der Waals surface area (Å²) in [5.41, 5.74) is 4.17. The molecule has 3 atom stereocenters. The lowest BCUT2D eigenvalue weighted by molar-refractivity contribution is -0.000576. The van der Waals surface area contributed by atoms with Crippen LogP contribution in [-0.4, -0.2) is 73.4 Å². The molecule has 7 rings (SSSR count). The van der Waals surface area contributed by atoms with Gasteiger partial charge in [0.1, 0.15) is 34.9 Å². The third kappa shape index (κ3) is 5.19. The molecule has 2 bridgehead atoms. The first-order valence-corrected chi connectivity index (χ1v) is 14.7. The largest absolute Gasteiger partial charge is 0.494 e. The van der Waals surface area contributed by atoms with Crippen molar-refractivity contribution in [2.45, 2.75) is 31.4 Å². The molecule has 1 N–H and O–H groups in total. The van der Waals surface area contributed by atoms with Crippen molar-refractivity contribution in [2.75, 3.05) is 40.5 Å². The zero-order valence-corrected chi connectivity index (χ0v) is 24.2. The molecule has 0 radical (unpaired) electrons. The van der Waals surface area contributed by atoms with Crippen molar-refractivity contribution >= 4 is 17.0 Å². The van der Waals surface area contributed by atoms with Crippen LogP contribution in [0.4, 0.5) is 0 Å². The van der Waals surface area contributed by atoms with E-state index in [4.69, 9.17) is 18.6 Å². The average Bonchev–Trinajstić information content (AvgIpc) is 3.48. The van der Waals surface area contributed by atoms with Crippen LogP contribution in [0.15, 0.2) is 53.2 Å². The molecule has 10 heteroatoms. The number of ether oxygens (including phenoxy) is 3. The molecule has 10 nitrogen and oxygen atoms in total. The number of pyridine rings is 2. The van der Waals surface area contributed by atoms with E-state index >= 15 is 0 Å². The molecule has 5 heterocycles. The Kier molecular flexibility index (Phi) is 7.21. The molecular formula is C33H33N5O5. The Morgan fingerprint density at radius 3 is 2.67 bits per heavy atom. The summed E-state index contributed by atoms with van der Waals surface area (Å²) in [6.07, 6.45) is 6.08. The van der Waals surface area contributed by atoms with E-state index in [0.29, 0.717) is 70.2 Å². The van der Waals surface area contributed by atoms with Crippen LogP contribution in [0.2, 0.25) is 0 Å². The van der Waals surface area contributed by atoms with E-state index in [1.165, 1.54) is 6.42 Å². The summed E-state index contributed by atoms with van der Waals surface area (Å²) >= 11 is 0. The van der Waals surface area contributed by atoms with Gasteiger partial charge in [0.05, 0.1) is 31.5 Å². The molecule has 1 saturated carbocycles. The van der Waals surface area contributed by atoms with Crippen LogP contribution in [0.3, 0.4) is 0 Å². The van der Waals surface area contributed by atoms with Crippen molar-refractivity contribution in [3.05, 3.63) is 59.9 Å². The fourth-order valence-electron chi connectivity index (χ4n) is 6.65. The number of likely N-dealkylation sites (tertiary alicyclic amines) is 1. The van der Waals surface area contributed by atoms with Crippen LogP contribution in [0.5, 0.6) is 11.5 Å². The van der Waals surface area contributed by atoms with E-state index < -0.39 is 0 Å². The smallest absolute Gasteiger partial charge is 0.253 e. The Bertz CT molecular complexity index is 1710. The summed E-state index contributed by atoms with van der Waals surface area (Å²) in [6.45, 7) is 3.34. The summed E-state index contributed by atoms with van der Waals surface area (Å²) in [5.74, 6) is 2.32. The summed E-state index contributed by atoms with van der Waals surface area (Å²) in [7, 11) is 3.68. The second kappa shape index (κ2) is 11.3. The van der Waals surface area contributed by atoms with Gasteiger partial charge in [0, 0.05) is 56.0 Å². The molecule has 2 saturated heterocycles. The topological polar surface area (TPSA) is 123 Å². The Hall–Kier alpha value is -4.46. The van der Waals surface area contributed by atoms with Gasteiger partial charge < -0.3 is 28.8 Å². The predicted octanol–water partition coefficient (Wildman–Crippen LogP) is 4.67. The Balaban J connectivity index is 1.15. The van der Waals surface area contributed by atoms with Gasteiger partial charge in [0.15, 0.2) is 11.3 Å². The lowest BCUT2D eigenvalue weighted by Gasteiger charge is -2.52. The maximum Gasteiger partial charge on any atom is 0.253 e. The Morgan fingerprint density at radius 2 is 1.91 bits per heavy atom. The van der Waals surface area contributed by atoms with E-state index in [1.54, 1.807) is 25.6 Å². The van der Waals surface area contributed by atoms with E-state index in [9.17, 15) is 10.1 Å². The highest BCUT2D eigenvalue weighted by molar-refractivity contribution is 5.96. The number of carbonyl (C=O) groups excluding carboxylic acids is 1. The average molecular weight is 580 g/mol. The lowest BCUT2D eigenvalue weighted by atomic mass is 9.66. The standard InChI is InChI=1S/C33H33N5O5/c1-38-17-22-12-23(18-38)30(22)37-33(39)21-13-28(40-2)31(36-16-21)29-14-26-32(43-29)25(5-8-35-26)19-3-4-27(20(11-19)15-34)42-24-6-9-41-10-7-24/h3-5,8,11,13-14,16,22-24,30H,6-7,9-10,12,17-18H2,1-2H3,(H,37,39)/t22-,23+,30?. The minimum absolute atomic E-state index is 0.0341. The number of furan rings is 1. The van der Waals surface area contributed by atoms with E-state index in [2.05, 4.69) is 33.3 Å². The van der Waals surface area contributed by atoms with Gasteiger partial charge >= 0.3 is 0 Å². The van der Waals surface area contributed by atoms with Crippen molar-refractivity contribution in [2.24, 2.45) is 11.8 Å². The first-order valence-electron chi connectivity index (χ1n) is 14.7. The van der Waals surface area contributed by atoms with Crippen molar-refractivity contribution in [1.29, 1.82) is 5.26 Å². The quantitative estimate of drug-likeness (QED) is 0.333. The van der Waals surface area contributed by atoms with Gasteiger partial charge in [-0.2, -0.15) is 5.26 Å². The third-order valence-corrected chi connectivity index (χ3v) is 8.86. The number of carbonyl (C=O) groups is 1. The van der Waals surface area contributed by atoms with Crippen molar-refractivity contribution in [3.63, 3.8) is 0 Å². The monoisotopic (exact) mass is 579 g/mol. The molecule has 1 amide bonds. The molecular weight excluding hydrogens is 546 g/mol. The van der Waals surface area contributed by atoms with Crippen molar-refractivity contribution in [1.82, 2.24) is 20.2 Å². The number of amides is 1. The number of hydrogen-bond donors (Lipinski definition) is 1. The van der Waals surface area contributed by atoms with Crippen molar-refractivity contribution < 1.29 is 23.4 Å². The second-order valence-electron chi connectivity index (χ2n) is 11.7. The highest BCUT2D eigenvalue weighted by Gasteiger charge is 2.46. The summed E-state index contributed by atoms with van der Waals surface area (Å²) in [4.78, 5) is 24.5. The van der Waals surface area contributed by atoms with E-state index in [-0.39, 0.29) is 18.1 Å². The number of nitriles is 1. The maximum absolute atomic E-state index is 13.1. The molecule has 4 aromatic rings. The number of piperidine rings is 2. The SMILES string of the molecule is COc1cc(C(=O)NC2[C@@H]3C[C@H]2CN(C)C3)cnc1-c1cc2nccc(-c3ccc(OC4CCOCC4)c(C#N)c3)c2o1. The van der Waals surface area contributed by atoms with Crippen LogP contribution < -0.4 is 14.8 Å². The highest BCUT2D eigenvalue weighted by Crippen LogP contribution is 2.40. The number of methoxy groups -OCH3 is 1. The Morgan fingerprint density at radius 1 is 1.09 bits per heavy atom. The zero-order valence-electron chi connectivity index (χ0n) is 24.2. The number of aromatic nitrogens is 2. The molecule has 1 unspecified atom stereocenters. The molecule has 3 aliphatic rings. The molecule has 2 aliphatic heterocycles. The van der Waals surface area contributed by atoms with Crippen LogP contribution in [0, 0.1) is 23.2 Å². The van der Waals surface area contributed by atoms with Gasteiger partial charge in [-0.25, -0.2) is 4.98 Å². The first-order chi connectivity index (χ1) is 21.0. The molecule has 0 spiro atoms. The Labute approximate surface area is 249 Å². The molecule has 220 valence electrons. The van der Waals surface area contributed by atoms with Gasteiger partial charge in [0.25, 0.3) is 5.91 Å². The number of fused-ring (bicyclic) bond motifs is 3. The molecule has 3 aromatic heterocycles. The summed E-state index contributed by atoms with van der Waals surface area (Å²) in [6, 6.07) is 13.4. The van der Waals surface area contributed by atoms with Gasteiger partial charge in [-0.3, -0.25) is 9.78 Å². The molecule has 43 heavy (non-hydrogen) atoms. The molecule has 1 aliphatic carbocycles. The van der Waals surface area contributed by atoms with E-state index in [1.807, 2.05) is 30.3 Å². The van der Waals surface area contributed by atoms with Crippen molar-refractivity contribution in [3.8, 4) is 40.1 Å². The fraction of sp³-hybridized carbons (Fsp3) is 0.394. The van der Waals surface area contributed by atoms with Gasteiger partial charge in [0.2, 0.25) is 0 Å². The summed E-state index contributed by atoms with van der Waals surface area (Å²) in [5, 5.41) is 13.1. The number of nitrogens with zero attached hydrogens (tertiary/aromatic N) is 4. The van der Waals surface area contributed by atoms with Crippen LogP contribution in [0.1, 0.15) is 35.2 Å². The number of benzene rings is 1. The van der Waals surface area contributed by atoms with Gasteiger partial charge in [-0.1, -0.05) is 6.07 Å². The number of nitrogens with one attached hydrogen (secondary N) is 1. The minimum Gasteiger partial charge on any atom is -0.494 e. The van der Waals surface area contributed by atoms with Gasteiger partial charge in [-0.05, 0) is 55.1 Å². The molecule has 3 fully saturated rings. The predicted molar refractivity (Wildman–Crippen MR) is 159 cm³/mol. The summed E-state index contributed by atoms with van der Waals surface area (Å²) < 4.78 is 23.5. The zero-order chi connectivity index (χ0) is 29.5. The third-order valence-electron chi connectivity index (χ3n) is 8.86. The first kappa shape index (κ1) is 27.4. The number of rotatable bonds is 7. The highest BCUT2D eigenvalue weighted by atomic mass is 16.5. The normalized spacial score (nSPS) is 22.0. The minimum atomic E-state index is -0.146. The number of hydrogen-bond acceptors (Lipinski definition) is 9. The van der Waals surface area contributed by atoms with Crippen LogP contribution in [0.25, 0.3) is 33.7 Å². The lowest BCUT2D eigenvalue weighted by Crippen LogP contribution is -2.63. The van der Waals surface area contributed by atoms with Crippen LogP contribution >= 0.6 is 0 Å². The van der Waals surface area contributed by atoms with Gasteiger partial charge in [-0.15, -0.1) is 0 Å². The maximum atomic E-state index is 13.1. The van der Waals surface area contributed by atoms with Crippen LogP contribution in [-0.2, 0) is 4.74 Å². The molecule has 1 aromatic carbocycles. The van der Waals surface area contributed by atoms with E-state index in [0.717, 1.165) is 37.1 Å². The fourth-order valence-corrected chi connectivity index (χ4v) is 6.65. The second-order valence-corrected chi connectivity index (χ2v) is 11.7.